The summed E-state index contributed by atoms with van der Waals surface area (Å²) in [6.45, 7) is 14.6. The van der Waals surface area contributed by atoms with E-state index in [0.717, 1.165) is 52.4 Å². The van der Waals surface area contributed by atoms with Gasteiger partial charge in [0.05, 0.1) is 18.3 Å². The molecule has 0 radical (unpaired) electrons. The highest BCUT2D eigenvalue weighted by Crippen LogP contribution is 2.00. The number of rotatable bonds is 6. The third-order valence-electron chi connectivity index (χ3n) is 4.24. The van der Waals surface area contributed by atoms with Crippen LogP contribution in [0.25, 0.3) is 0 Å². The van der Waals surface area contributed by atoms with Crippen LogP contribution in [0.5, 0.6) is 0 Å². The molecule has 1 heterocycles. The van der Waals surface area contributed by atoms with Gasteiger partial charge in [-0.3, -0.25) is 14.7 Å². The average molecular weight is 347 g/mol. The van der Waals surface area contributed by atoms with Gasteiger partial charge < -0.3 is 20.6 Å². The first-order valence-electron chi connectivity index (χ1n) is 9.28. The van der Waals surface area contributed by atoms with Gasteiger partial charge in [0, 0.05) is 72.0 Å². The van der Waals surface area contributed by atoms with Crippen LogP contribution in [0.15, 0.2) is 0 Å². The second-order valence-electron chi connectivity index (χ2n) is 7.20. The van der Waals surface area contributed by atoms with Crippen molar-refractivity contribution in [1.82, 2.24) is 20.0 Å². The van der Waals surface area contributed by atoms with Gasteiger partial charge in [-0.2, -0.15) is 0 Å². The van der Waals surface area contributed by atoms with Crippen LogP contribution in [0.3, 0.4) is 0 Å². The molecule has 3 atom stereocenters. The van der Waals surface area contributed by atoms with Gasteiger partial charge in [-0.15, -0.1) is 0 Å². The van der Waals surface area contributed by atoms with Crippen LogP contribution in [0.1, 0.15) is 20.8 Å². The molecule has 0 aromatic heterocycles. The van der Waals surface area contributed by atoms with E-state index in [1.807, 2.05) is 20.8 Å². The largest absolute Gasteiger partial charge is 0.392 e. The summed E-state index contributed by atoms with van der Waals surface area (Å²) in [7, 11) is 0. The zero-order chi connectivity index (χ0) is 17.9. The Kier molecular flexibility index (Phi) is 11.0. The van der Waals surface area contributed by atoms with E-state index in [9.17, 15) is 15.3 Å². The smallest absolute Gasteiger partial charge is 0.0639 e. The van der Waals surface area contributed by atoms with E-state index in [1.165, 1.54) is 0 Å². The number of aliphatic hydroxyl groups is 3. The fourth-order valence-electron chi connectivity index (χ4n) is 3.17. The lowest BCUT2D eigenvalue weighted by Crippen LogP contribution is -2.48. The Hall–Kier alpha value is -0.280. The molecular weight excluding hydrogens is 308 g/mol. The predicted octanol–water partition coefficient (Wildman–Crippen LogP) is -1.36. The highest BCUT2D eigenvalue weighted by molar-refractivity contribution is 4.72. The van der Waals surface area contributed by atoms with Crippen LogP contribution in [0.2, 0.25) is 0 Å². The van der Waals surface area contributed by atoms with Gasteiger partial charge in [0.1, 0.15) is 0 Å². The second-order valence-corrected chi connectivity index (χ2v) is 7.20. The van der Waals surface area contributed by atoms with Crippen molar-refractivity contribution in [1.29, 1.82) is 0 Å². The maximum absolute atomic E-state index is 9.76. The van der Waals surface area contributed by atoms with Crippen LogP contribution < -0.4 is 5.32 Å². The lowest BCUT2D eigenvalue weighted by Gasteiger charge is -2.32. The minimum atomic E-state index is -0.352. The highest BCUT2D eigenvalue weighted by Gasteiger charge is 2.16. The number of hydrogen-bond donors (Lipinski definition) is 4. The third kappa shape index (κ3) is 10.6. The van der Waals surface area contributed by atoms with E-state index in [1.54, 1.807) is 0 Å². The third-order valence-corrected chi connectivity index (χ3v) is 4.24. The molecule has 0 aliphatic carbocycles. The van der Waals surface area contributed by atoms with Gasteiger partial charge in [-0.05, 0) is 20.8 Å². The normalized spacial score (nSPS) is 24.8. The van der Waals surface area contributed by atoms with E-state index in [-0.39, 0.29) is 18.3 Å². The predicted molar refractivity (Wildman–Crippen MR) is 97.2 cm³/mol. The van der Waals surface area contributed by atoms with Crippen molar-refractivity contribution >= 4 is 0 Å². The summed E-state index contributed by atoms with van der Waals surface area (Å²) in [5, 5.41) is 32.6. The molecule has 144 valence electrons. The first-order chi connectivity index (χ1) is 11.4. The molecule has 0 aromatic rings. The average Bonchev–Trinajstić information content (AvgIpc) is 2.45. The molecule has 1 aliphatic rings. The zero-order valence-electron chi connectivity index (χ0n) is 15.7. The minimum absolute atomic E-state index is 0.329. The van der Waals surface area contributed by atoms with E-state index in [2.05, 4.69) is 20.0 Å². The van der Waals surface area contributed by atoms with E-state index >= 15 is 0 Å². The SMILES string of the molecule is CC(O)CN1CCNCCN(CC(C)O)CCN(CC(C)O)CC1. The molecule has 0 saturated carbocycles. The molecular formula is C17H38N4O3. The first kappa shape index (κ1) is 21.8. The summed E-state index contributed by atoms with van der Waals surface area (Å²) >= 11 is 0. The number of nitrogens with zero attached hydrogens (tertiary/aromatic N) is 3. The van der Waals surface area contributed by atoms with Gasteiger partial charge in [0.15, 0.2) is 0 Å². The maximum atomic E-state index is 9.76. The summed E-state index contributed by atoms with van der Waals surface area (Å²) in [5.41, 5.74) is 0. The van der Waals surface area contributed by atoms with Crippen molar-refractivity contribution in [3.8, 4) is 0 Å². The van der Waals surface area contributed by atoms with Crippen molar-refractivity contribution < 1.29 is 15.3 Å². The van der Waals surface area contributed by atoms with Crippen molar-refractivity contribution in [2.24, 2.45) is 0 Å². The van der Waals surface area contributed by atoms with Crippen molar-refractivity contribution in [3.63, 3.8) is 0 Å². The van der Waals surface area contributed by atoms with E-state index in [4.69, 9.17) is 0 Å². The lowest BCUT2D eigenvalue weighted by molar-refractivity contribution is 0.0790. The fraction of sp³-hybridized carbons (Fsp3) is 1.00. The molecule has 3 unspecified atom stereocenters. The van der Waals surface area contributed by atoms with Gasteiger partial charge in [-0.1, -0.05) is 0 Å². The van der Waals surface area contributed by atoms with Gasteiger partial charge >= 0.3 is 0 Å². The van der Waals surface area contributed by atoms with E-state index < -0.39 is 0 Å². The molecule has 1 aliphatic heterocycles. The highest BCUT2D eigenvalue weighted by atomic mass is 16.3. The molecule has 0 spiro atoms. The first-order valence-corrected chi connectivity index (χ1v) is 9.28. The van der Waals surface area contributed by atoms with Gasteiger partial charge in [0.2, 0.25) is 0 Å². The van der Waals surface area contributed by atoms with Crippen LogP contribution in [0, 0.1) is 0 Å². The lowest BCUT2D eigenvalue weighted by atomic mass is 10.3. The van der Waals surface area contributed by atoms with Crippen molar-refractivity contribution in [3.05, 3.63) is 0 Å². The van der Waals surface area contributed by atoms with Crippen LogP contribution >= 0.6 is 0 Å². The summed E-state index contributed by atoms with van der Waals surface area (Å²) < 4.78 is 0. The standard InChI is InChI=1S/C17H38N4O3/c1-15(22)12-19-6-4-18-5-7-20(13-16(2)23)9-11-21(10-8-19)14-17(3)24/h15-18,22-24H,4-14H2,1-3H3. The Labute approximate surface area is 147 Å². The molecule has 24 heavy (non-hydrogen) atoms. The number of hydrogen-bond acceptors (Lipinski definition) is 7. The summed E-state index contributed by atoms with van der Waals surface area (Å²) in [4.78, 5) is 6.84. The monoisotopic (exact) mass is 346 g/mol. The number of β-amino-alcohol motifs (C(OH)–C–C–N with tert-alkyl or cyclic N) is 3. The Bertz CT molecular complexity index is 292. The van der Waals surface area contributed by atoms with Crippen LogP contribution in [-0.2, 0) is 0 Å². The minimum Gasteiger partial charge on any atom is -0.392 e. The maximum Gasteiger partial charge on any atom is 0.0639 e. The number of nitrogens with one attached hydrogen (secondary N) is 1. The second kappa shape index (κ2) is 12.1. The Morgan fingerprint density at radius 3 is 1.21 bits per heavy atom. The van der Waals surface area contributed by atoms with Crippen molar-refractivity contribution in [2.45, 2.75) is 39.1 Å². The molecule has 7 heteroatoms. The quantitative estimate of drug-likeness (QED) is 0.473. The van der Waals surface area contributed by atoms with Crippen molar-refractivity contribution in [2.75, 3.05) is 72.0 Å². The Balaban J connectivity index is 2.63. The zero-order valence-corrected chi connectivity index (χ0v) is 15.7. The Morgan fingerprint density at radius 1 is 0.625 bits per heavy atom. The summed E-state index contributed by atoms with van der Waals surface area (Å²) in [6, 6.07) is 0. The molecule has 1 saturated heterocycles. The fourth-order valence-corrected chi connectivity index (χ4v) is 3.17. The molecule has 0 bridgehead atoms. The summed E-state index contributed by atoms with van der Waals surface area (Å²) in [5.74, 6) is 0. The van der Waals surface area contributed by atoms with Gasteiger partial charge in [0.25, 0.3) is 0 Å². The van der Waals surface area contributed by atoms with Gasteiger partial charge in [-0.25, -0.2) is 0 Å². The molecule has 7 nitrogen and oxygen atoms in total. The summed E-state index contributed by atoms with van der Waals surface area (Å²) in [6.07, 6.45) is -1.01. The molecule has 0 aromatic carbocycles. The number of aliphatic hydroxyl groups excluding tert-OH is 3. The molecule has 0 amide bonds. The Morgan fingerprint density at radius 2 is 0.917 bits per heavy atom. The molecule has 1 rings (SSSR count). The van der Waals surface area contributed by atoms with Crippen LogP contribution in [0.4, 0.5) is 0 Å². The topological polar surface area (TPSA) is 82.4 Å². The molecule has 1 fully saturated rings. The van der Waals surface area contributed by atoms with E-state index in [0.29, 0.717) is 19.6 Å². The van der Waals surface area contributed by atoms with Crippen LogP contribution in [-0.4, -0.2) is 120 Å². The molecule has 4 N–H and O–H groups in total.